The lowest BCUT2D eigenvalue weighted by Gasteiger charge is -2.39. The van der Waals surface area contributed by atoms with Crippen LogP contribution in [0.3, 0.4) is 0 Å². The van der Waals surface area contributed by atoms with Crippen molar-refractivity contribution in [3.05, 3.63) is 0 Å². The molecule has 4 nitrogen and oxygen atoms in total. The van der Waals surface area contributed by atoms with E-state index in [1.54, 1.807) is 0 Å². The molecule has 0 aromatic carbocycles. The van der Waals surface area contributed by atoms with Crippen molar-refractivity contribution in [2.24, 2.45) is 17.6 Å². The Kier molecular flexibility index (Phi) is 3.97. The molecule has 2 fully saturated rings. The summed E-state index contributed by atoms with van der Waals surface area (Å²) in [5.41, 5.74) is 5.41. The molecule has 3 unspecified atom stereocenters. The van der Waals surface area contributed by atoms with Gasteiger partial charge in [0.1, 0.15) is 0 Å². The molecule has 2 aliphatic rings. The second-order valence-corrected chi connectivity index (χ2v) is 6.47. The fourth-order valence-electron chi connectivity index (χ4n) is 3.11. The van der Waals surface area contributed by atoms with E-state index in [0.29, 0.717) is 31.8 Å². The number of likely N-dealkylation sites (tertiary alicyclic amines) is 1. The summed E-state index contributed by atoms with van der Waals surface area (Å²) < 4.78 is 0. The van der Waals surface area contributed by atoms with E-state index in [0.717, 1.165) is 19.3 Å². The van der Waals surface area contributed by atoms with Gasteiger partial charge >= 0.3 is 0 Å². The molecule has 0 bridgehead atoms. The van der Waals surface area contributed by atoms with Crippen LogP contribution in [0.2, 0.25) is 0 Å². The van der Waals surface area contributed by atoms with Crippen LogP contribution in [0.15, 0.2) is 0 Å². The Balaban J connectivity index is 1.88. The van der Waals surface area contributed by atoms with Crippen molar-refractivity contribution >= 4 is 5.91 Å². The van der Waals surface area contributed by atoms with E-state index < -0.39 is 5.60 Å². The van der Waals surface area contributed by atoms with Crippen LogP contribution < -0.4 is 5.73 Å². The van der Waals surface area contributed by atoms with Crippen molar-refractivity contribution in [2.75, 3.05) is 13.1 Å². The number of hydrogen-bond donors (Lipinski definition) is 2. The Hall–Kier alpha value is -0.610. The van der Waals surface area contributed by atoms with Crippen molar-refractivity contribution in [3.8, 4) is 0 Å². The number of rotatable bonds is 1. The first-order chi connectivity index (χ1) is 8.39. The summed E-state index contributed by atoms with van der Waals surface area (Å²) in [6.07, 6.45) is 4.20. The van der Waals surface area contributed by atoms with Crippen molar-refractivity contribution < 1.29 is 9.90 Å². The third-order valence-corrected chi connectivity index (χ3v) is 4.74. The Morgan fingerprint density at radius 2 is 1.94 bits per heavy atom. The molecular weight excluding hydrogens is 228 g/mol. The summed E-state index contributed by atoms with van der Waals surface area (Å²) >= 11 is 0. The molecule has 1 amide bonds. The maximum atomic E-state index is 12.4. The summed E-state index contributed by atoms with van der Waals surface area (Å²) in [6, 6.07) is 0.260. The summed E-state index contributed by atoms with van der Waals surface area (Å²) in [6.45, 7) is 5.40. The summed E-state index contributed by atoms with van der Waals surface area (Å²) in [4.78, 5) is 14.4. The van der Waals surface area contributed by atoms with Gasteiger partial charge in [-0.3, -0.25) is 4.79 Å². The van der Waals surface area contributed by atoms with E-state index in [4.69, 9.17) is 5.73 Å². The highest BCUT2D eigenvalue weighted by Crippen LogP contribution is 2.31. The molecule has 3 atom stereocenters. The van der Waals surface area contributed by atoms with Crippen LogP contribution in [0.1, 0.15) is 46.0 Å². The predicted molar refractivity (Wildman–Crippen MR) is 70.9 cm³/mol. The van der Waals surface area contributed by atoms with Crippen LogP contribution in [-0.4, -0.2) is 40.6 Å². The second kappa shape index (κ2) is 5.17. The molecule has 2 rings (SSSR count). The molecule has 0 aromatic rings. The van der Waals surface area contributed by atoms with Gasteiger partial charge in [-0.05, 0) is 44.9 Å². The van der Waals surface area contributed by atoms with Crippen LogP contribution in [-0.2, 0) is 4.79 Å². The van der Waals surface area contributed by atoms with Crippen LogP contribution in [0.5, 0.6) is 0 Å². The van der Waals surface area contributed by atoms with Gasteiger partial charge in [0, 0.05) is 25.0 Å². The van der Waals surface area contributed by atoms with E-state index in [1.807, 2.05) is 11.8 Å². The quantitative estimate of drug-likeness (QED) is 0.737. The molecule has 1 aliphatic heterocycles. The van der Waals surface area contributed by atoms with Gasteiger partial charge in [-0.15, -0.1) is 0 Å². The first-order valence-electron chi connectivity index (χ1n) is 7.16. The van der Waals surface area contributed by atoms with Gasteiger partial charge in [-0.2, -0.15) is 0 Å². The fraction of sp³-hybridized carbons (Fsp3) is 0.929. The number of nitrogens with zero attached hydrogens (tertiary/aromatic N) is 1. The maximum Gasteiger partial charge on any atom is 0.225 e. The Bertz CT molecular complexity index is 307. The van der Waals surface area contributed by atoms with Gasteiger partial charge < -0.3 is 15.7 Å². The molecule has 104 valence electrons. The largest absolute Gasteiger partial charge is 0.390 e. The minimum atomic E-state index is -0.584. The molecule has 3 N–H and O–H groups in total. The van der Waals surface area contributed by atoms with Gasteiger partial charge in [0.2, 0.25) is 5.91 Å². The molecule has 0 aromatic heterocycles. The normalized spacial score (nSPS) is 36.4. The standard InChI is InChI=1S/C14H26N2O2/c1-10-9-11(3-4-12(10)15)13(17)16-7-5-14(2,18)6-8-16/h10-12,18H,3-9,15H2,1-2H3. The highest BCUT2D eigenvalue weighted by atomic mass is 16.3. The van der Waals surface area contributed by atoms with Crippen LogP contribution in [0, 0.1) is 11.8 Å². The Morgan fingerprint density at radius 1 is 1.33 bits per heavy atom. The number of nitrogens with two attached hydrogens (primary N) is 1. The maximum absolute atomic E-state index is 12.4. The third kappa shape index (κ3) is 3.04. The third-order valence-electron chi connectivity index (χ3n) is 4.74. The lowest BCUT2D eigenvalue weighted by molar-refractivity contribution is -0.140. The van der Waals surface area contributed by atoms with Crippen molar-refractivity contribution in [3.63, 3.8) is 0 Å². The molecule has 4 heteroatoms. The predicted octanol–water partition coefficient (Wildman–Crippen LogP) is 1.12. The number of hydrogen-bond acceptors (Lipinski definition) is 3. The van der Waals surface area contributed by atoms with Crippen molar-refractivity contribution in [2.45, 2.75) is 57.6 Å². The smallest absolute Gasteiger partial charge is 0.225 e. The first-order valence-corrected chi connectivity index (χ1v) is 7.16. The van der Waals surface area contributed by atoms with Gasteiger partial charge in [-0.25, -0.2) is 0 Å². The zero-order valence-electron chi connectivity index (χ0n) is 11.6. The number of carbonyl (C=O) groups is 1. The lowest BCUT2D eigenvalue weighted by Crippen LogP contribution is -2.48. The number of aliphatic hydroxyl groups is 1. The molecule has 0 radical (unpaired) electrons. The van der Waals surface area contributed by atoms with Crippen molar-refractivity contribution in [1.82, 2.24) is 4.90 Å². The summed E-state index contributed by atoms with van der Waals surface area (Å²) in [7, 11) is 0. The van der Waals surface area contributed by atoms with Crippen LogP contribution in [0.4, 0.5) is 0 Å². The molecular formula is C14H26N2O2. The van der Waals surface area contributed by atoms with Gasteiger partial charge in [0.15, 0.2) is 0 Å². The average molecular weight is 254 g/mol. The molecule has 1 saturated carbocycles. The number of carbonyl (C=O) groups excluding carboxylic acids is 1. The van der Waals surface area contributed by atoms with Gasteiger partial charge in [0.25, 0.3) is 0 Å². The zero-order valence-corrected chi connectivity index (χ0v) is 11.6. The zero-order chi connectivity index (χ0) is 13.3. The van der Waals surface area contributed by atoms with Gasteiger partial charge in [-0.1, -0.05) is 6.92 Å². The van der Waals surface area contributed by atoms with Gasteiger partial charge in [0.05, 0.1) is 5.60 Å². The summed E-state index contributed by atoms with van der Waals surface area (Å²) in [5.74, 6) is 0.882. The van der Waals surface area contributed by atoms with E-state index in [9.17, 15) is 9.90 Å². The van der Waals surface area contributed by atoms with Crippen molar-refractivity contribution in [1.29, 1.82) is 0 Å². The minimum absolute atomic E-state index is 0.155. The van der Waals surface area contributed by atoms with E-state index >= 15 is 0 Å². The molecule has 18 heavy (non-hydrogen) atoms. The SMILES string of the molecule is CC1CC(C(=O)N2CCC(C)(O)CC2)CCC1N. The molecule has 1 heterocycles. The highest BCUT2D eigenvalue weighted by molar-refractivity contribution is 5.79. The molecule has 0 spiro atoms. The number of piperidine rings is 1. The summed E-state index contributed by atoms with van der Waals surface area (Å²) in [5, 5.41) is 9.91. The topological polar surface area (TPSA) is 66.6 Å². The van der Waals surface area contributed by atoms with Crippen LogP contribution >= 0.6 is 0 Å². The average Bonchev–Trinajstić information content (AvgIpc) is 2.32. The highest BCUT2D eigenvalue weighted by Gasteiger charge is 2.35. The van der Waals surface area contributed by atoms with E-state index in [-0.39, 0.29) is 17.9 Å². The molecule has 1 saturated heterocycles. The lowest BCUT2D eigenvalue weighted by atomic mass is 9.78. The molecule has 1 aliphatic carbocycles. The van der Waals surface area contributed by atoms with Crippen LogP contribution in [0.25, 0.3) is 0 Å². The monoisotopic (exact) mass is 254 g/mol. The number of amides is 1. The van der Waals surface area contributed by atoms with E-state index in [1.165, 1.54) is 0 Å². The second-order valence-electron chi connectivity index (χ2n) is 6.47. The fourth-order valence-corrected chi connectivity index (χ4v) is 3.11. The van der Waals surface area contributed by atoms with E-state index in [2.05, 4.69) is 6.92 Å². The Morgan fingerprint density at radius 3 is 2.50 bits per heavy atom. The Labute approximate surface area is 110 Å². The first kappa shape index (κ1) is 13.8. The minimum Gasteiger partial charge on any atom is -0.390 e.